The first-order valence-corrected chi connectivity index (χ1v) is 15.9. The molecule has 1 saturated heterocycles. The van der Waals surface area contributed by atoms with Crippen LogP contribution >= 0.6 is 11.3 Å². The van der Waals surface area contributed by atoms with Gasteiger partial charge in [0.25, 0.3) is 0 Å². The van der Waals surface area contributed by atoms with Crippen molar-refractivity contribution in [2.24, 2.45) is 11.3 Å². The number of amides is 1. The monoisotopic (exact) mass is 603 g/mol. The number of para-hydroxylation sites is 1. The zero-order chi connectivity index (χ0) is 30.7. The van der Waals surface area contributed by atoms with Crippen LogP contribution in [0, 0.1) is 25.2 Å². The zero-order valence-corrected chi connectivity index (χ0v) is 27.0. The summed E-state index contributed by atoms with van der Waals surface area (Å²) in [6.07, 6.45) is 1.42. The summed E-state index contributed by atoms with van der Waals surface area (Å²) in [6.45, 7) is 14.5. The third-order valence-electron chi connectivity index (χ3n) is 9.40. The van der Waals surface area contributed by atoms with E-state index in [0.717, 1.165) is 58.2 Å². The molecular formula is C34H41N3O5S. The Morgan fingerprint density at radius 2 is 1.95 bits per heavy atom. The van der Waals surface area contributed by atoms with Crippen LogP contribution in [0.2, 0.25) is 0 Å². The molecule has 0 bridgehead atoms. The Morgan fingerprint density at radius 1 is 1.16 bits per heavy atom. The van der Waals surface area contributed by atoms with Gasteiger partial charge in [0.05, 0.1) is 18.2 Å². The van der Waals surface area contributed by atoms with Crippen molar-refractivity contribution in [3.63, 3.8) is 0 Å². The first-order chi connectivity index (χ1) is 20.4. The van der Waals surface area contributed by atoms with E-state index < -0.39 is 5.60 Å². The van der Waals surface area contributed by atoms with Gasteiger partial charge in [0.15, 0.2) is 5.13 Å². The number of hydrogen-bond acceptors (Lipinski definition) is 8. The minimum Gasteiger partial charge on any atom is -0.488 e. The van der Waals surface area contributed by atoms with Crippen LogP contribution < -0.4 is 9.64 Å². The van der Waals surface area contributed by atoms with Crippen LogP contribution in [0.1, 0.15) is 61.9 Å². The molecule has 1 saturated carbocycles. The standard InChI is InChI=1S/C34H41N3O5S/c1-20-9-8-10-27(28-19-43-31(35-28)37-17-25-15-34(25,22(37)3)30(38)40-7)29(20)41-18-24-12-11-23-16-36(14-13-26(23)21(24)2)32(39)42-33(4,5)6/h8-12,19,22,25H,13-18H2,1-7H3/t22-,25+,34+/m0/s1. The molecule has 228 valence electrons. The smallest absolute Gasteiger partial charge is 0.410 e. The molecule has 3 aliphatic rings. The average molecular weight is 604 g/mol. The largest absolute Gasteiger partial charge is 0.488 e. The van der Waals surface area contributed by atoms with Crippen LogP contribution in [0.25, 0.3) is 11.3 Å². The summed E-state index contributed by atoms with van der Waals surface area (Å²) in [5.74, 6) is 1.06. The van der Waals surface area contributed by atoms with Crippen molar-refractivity contribution in [1.82, 2.24) is 9.88 Å². The van der Waals surface area contributed by atoms with E-state index in [1.54, 1.807) is 16.2 Å². The van der Waals surface area contributed by atoms with Crippen molar-refractivity contribution in [2.75, 3.05) is 25.1 Å². The van der Waals surface area contributed by atoms with Gasteiger partial charge >= 0.3 is 12.1 Å². The number of anilines is 1. The topological polar surface area (TPSA) is 81.2 Å². The van der Waals surface area contributed by atoms with Gasteiger partial charge in [-0.1, -0.05) is 24.3 Å². The first kappa shape index (κ1) is 29.5. The van der Waals surface area contributed by atoms with E-state index in [1.165, 1.54) is 18.2 Å². The number of esters is 1. The number of thiazole rings is 1. The molecule has 9 heteroatoms. The number of hydrogen-bond donors (Lipinski definition) is 0. The van der Waals surface area contributed by atoms with Gasteiger partial charge in [-0.05, 0) is 94.2 Å². The third kappa shape index (κ3) is 5.26. The fourth-order valence-corrected chi connectivity index (χ4v) is 7.77. The minimum atomic E-state index is -0.511. The van der Waals surface area contributed by atoms with Crippen molar-refractivity contribution in [2.45, 2.75) is 79.2 Å². The molecule has 0 N–H and O–H groups in total. The van der Waals surface area contributed by atoms with Gasteiger partial charge in [0.1, 0.15) is 18.0 Å². The molecule has 3 atom stereocenters. The summed E-state index contributed by atoms with van der Waals surface area (Å²) >= 11 is 1.61. The maximum atomic E-state index is 12.6. The van der Waals surface area contributed by atoms with Crippen LogP contribution in [-0.4, -0.2) is 53.8 Å². The Kier molecular flexibility index (Phi) is 7.43. The number of methoxy groups -OCH3 is 1. The molecule has 1 amide bonds. The molecule has 3 heterocycles. The number of ether oxygens (including phenoxy) is 3. The number of aromatic nitrogens is 1. The predicted octanol–water partition coefficient (Wildman–Crippen LogP) is 6.69. The zero-order valence-electron chi connectivity index (χ0n) is 26.2. The maximum Gasteiger partial charge on any atom is 0.410 e. The van der Waals surface area contributed by atoms with Crippen LogP contribution in [0.4, 0.5) is 9.93 Å². The molecule has 0 radical (unpaired) electrons. The second-order valence-electron chi connectivity index (χ2n) is 13.2. The van der Waals surface area contributed by atoms with Crippen molar-refractivity contribution in [1.29, 1.82) is 0 Å². The van der Waals surface area contributed by atoms with Gasteiger partial charge in [0.2, 0.25) is 0 Å². The highest BCUT2D eigenvalue weighted by atomic mass is 32.1. The Balaban J connectivity index is 1.18. The number of aryl methyl sites for hydroxylation is 1. The fourth-order valence-electron chi connectivity index (χ4n) is 6.86. The van der Waals surface area contributed by atoms with Crippen molar-refractivity contribution in [3.05, 3.63) is 63.5 Å². The number of carbonyl (C=O) groups excluding carboxylic acids is 2. The highest BCUT2D eigenvalue weighted by Gasteiger charge is 2.70. The van der Waals surface area contributed by atoms with Crippen LogP contribution in [-0.2, 0) is 33.8 Å². The molecule has 1 aliphatic carbocycles. The Bertz CT molecular complexity index is 1580. The summed E-state index contributed by atoms with van der Waals surface area (Å²) in [5.41, 5.74) is 6.79. The Hall–Kier alpha value is -3.59. The van der Waals surface area contributed by atoms with Crippen molar-refractivity contribution >= 4 is 28.5 Å². The maximum absolute atomic E-state index is 12.6. The van der Waals surface area contributed by atoms with E-state index in [-0.39, 0.29) is 23.5 Å². The molecule has 8 nitrogen and oxygen atoms in total. The summed E-state index contributed by atoms with van der Waals surface area (Å²) in [6, 6.07) is 10.5. The average Bonchev–Trinajstić information content (AvgIpc) is 3.35. The van der Waals surface area contributed by atoms with E-state index >= 15 is 0 Å². The lowest BCUT2D eigenvalue weighted by atomic mass is 9.92. The number of carbonyl (C=O) groups is 2. The molecule has 6 rings (SSSR count). The second kappa shape index (κ2) is 10.8. The molecular weight excluding hydrogens is 562 g/mol. The molecule has 0 unspecified atom stereocenters. The van der Waals surface area contributed by atoms with E-state index in [9.17, 15) is 9.59 Å². The second-order valence-corrected chi connectivity index (χ2v) is 14.0. The van der Waals surface area contributed by atoms with Gasteiger partial charge in [-0.25, -0.2) is 9.78 Å². The molecule has 2 aromatic carbocycles. The van der Waals surface area contributed by atoms with Gasteiger partial charge in [-0.2, -0.15) is 0 Å². The highest BCUT2D eigenvalue weighted by Crippen LogP contribution is 2.63. The van der Waals surface area contributed by atoms with Crippen LogP contribution in [0.3, 0.4) is 0 Å². The minimum absolute atomic E-state index is 0.0559. The summed E-state index contributed by atoms with van der Waals surface area (Å²) < 4.78 is 17.3. The van der Waals surface area contributed by atoms with Gasteiger partial charge < -0.3 is 24.0 Å². The fraction of sp³-hybridized carbons (Fsp3) is 0.500. The lowest BCUT2D eigenvalue weighted by Crippen LogP contribution is -2.40. The molecule has 2 fully saturated rings. The van der Waals surface area contributed by atoms with Crippen molar-refractivity contribution in [3.8, 4) is 17.0 Å². The van der Waals surface area contributed by atoms with E-state index in [0.29, 0.717) is 25.6 Å². The molecule has 3 aromatic rings. The first-order valence-electron chi connectivity index (χ1n) is 15.0. The van der Waals surface area contributed by atoms with Gasteiger partial charge in [-0.3, -0.25) is 4.79 Å². The summed E-state index contributed by atoms with van der Waals surface area (Å²) in [5, 5.41) is 3.01. The van der Waals surface area contributed by atoms with Crippen LogP contribution in [0.15, 0.2) is 35.7 Å². The molecule has 1 aromatic heterocycles. The van der Waals surface area contributed by atoms with Crippen LogP contribution in [0.5, 0.6) is 5.75 Å². The summed E-state index contributed by atoms with van der Waals surface area (Å²) in [7, 11) is 1.48. The van der Waals surface area contributed by atoms with Crippen molar-refractivity contribution < 1.29 is 23.8 Å². The van der Waals surface area contributed by atoms with Gasteiger partial charge in [0, 0.05) is 36.6 Å². The third-order valence-corrected chi connectivity index (χ3v) is 10.3. The molecule has 2 aliphatic heterocycles. The lowest BCUT2D eigenvalue weighted by molar-refractivity contribution is -0.147. The normalized spacial score (nSPS) is 22.6. The molecule has 0 spiro atoms. The predicted molar refractivity (Wildman–Crippen MR) is 168 cm³/mol. The Morgan fingerprint density at radius 3 is 2.70 bits per heavy atom. The number of nitrogens with zero attached hydrogens (tertiary/aromatic N) is 3. The van der Waals surface area contributed by atoms with Gasteiger partial charge in [-0.15, -0.1) is 11.3 Å². The SMILES string of the molecule is COC(=O)[C@@]12C[C@@H]1CN(c1nc(-c3cccc(C)c3OCc3ccc4c(c3C)CCN(C(=O)OC(C)(C)C)C4)cs1)[C@H]2C. The number of benzene rings is 2. The Labute approximate surface area is 258 Å². The molecule has 43 heavy (non-hydrogen) atoms. The lowest BCUT2D eigenvalue weighted by Gasteiger charge is -2.32. The number of piperidine rings is 1. The summed E-state index contributed by atoms with van der Waals surface area (Å²) in [4.78, 5) is 34.3. The quantitative estimate of drug-likeness (QED) is 0.291. The number of fused-ring (bicyclic) bond motifs is 2. The highest BCUT2D eigenvalue weighted by molar-refractivity contribution is 7.14. The van der Waals surface area contributed by atoms with E-state index in [1.807, 2.05) is 26.8 Å². The number of rotatable bonds is 6. The van der Waals surface area contributed by atoms with E-state index in [2.05, 4.69) is 55.3 Å². The van der Waals surface area contributed by atoms with E-state index in [4.69, 9.17) is 19.2 Å².